The van der Waals surface area contributed by atoms with E-state index in [-0.39, 0.29) is 0 Å². The molecule has 0 saturated heterocycles. The smallest absolute Gasteiger partial charge is 0.127 e. The molecule has 1 aliphatic carbocycles. The Morgan fingerprint density at radius 3 is 2.80 bits per heavy atom. The first-order valence-corrected chi connectivity index (χ1v) is 5.57. The highest BCUT2D eigenvalue weighted by molar-refractivity contribution is 5.37. The first-order valence-electron chi connectivity index (χ1n) is 5.57. The van der Waals surface area contributed by atoms with Gasteiger partial charge in [-0.25, -0.2) is 0 Å². The zero-order chi connectivity index (χ0) is 10.8. The quantitative estimate of drug-likeness (QED) is 0.821. The van der Waals surface area contributed by atoms with Crippen molar-refractivity contribution in [3.8, 4) is 5.75 Å². The molecular weight excluding hydrogens is 188 g/mol. The first kappa shape index (κ1) is 10.4. The number of hydrogen-bond donors (Lipinski definition) is 1. The molecule has 2 N–H and O–H groups in total. The Labute approximate surface area is 90.7 Å². The van der Waals surface area contributed by atoms with Gasteiger partial charge in [0.05, 0.1) is 11.8 Å². The van der Waals surface area contributed by atoms with Gasteiger partial charge in [0.25, 0.3) is 0 Å². The summed E-state index contributed by atoms with van der Waals surface area (Å²) < 4.78 is 5.82. The normalized spacial score (nSPS) is 15.7. The van der Waals surface area contributed by atoms with Crippen LogP contribution in [0.4, 0.5) is 0 Å². The second kappa shape index (κ2) is 4.19. The Bertz CT molecular complexity index is 345. The average Bonchev–Trinajstić information content (AvgIpc) is 3.01. The van der Waals surface area contributed by atoms with E-state index in [9.17, 15) is 0 Å². The molecule has 3 nitrogen and oxygen atoms in total. The van der Waals surface area contributed by atoms with Crippen LogP contribution in [-0.4, -0.2) is 11.1 Å². The van der Waals surface area contributed by atoms with E-state index < -0.39 is 0 Å². The molecule has 82 valence electrons. The number of nitrogens with zero attached hydrogens (tertiary/aromatic N) is 1. The van der Waals surface area contributed by atoms with Gasteiger partial charge >= 0.3 is 0 Å². The van der Waals surface area contributed by atoms with E-state index in [4.69, 9.17) is 10.5 Å². The summed E-state index contributed by atoms with van der Waals surface area (Å²) in [6.45, 7) is 4.76. The van der Waals surface area contributed by atoms with Crippen molar-refractivity contribution in [2.24, 2.45) is 5.73 Å². The van der Waals surface area contributed by atoms with E-state index in [2.05, 4.69) is 18.8 Å². The molecule has 0 atom stereocenters. The number of nitrogens with two attached hydrogens (primary N) is 1. The third kappa shape index (κ3) is 2.29. The second-order valence-corrected chi connectivity index (χ2v) is 4.35. The Morgan fingerprint density at radius 1 is 1.53 bits per heavy atom. The van der Waals surface area contributed by atoms with Crippen LogP contribution in [0.25, 0.3) is 0 Å². The van der Waals surface area contributed by atoms with Crippen molar-refractivity contribution in [1.82, 2.24) is 4.98 Å². The SMILES string of the molecule is CC(C)c1nccc(OC2CC2)c1CN. The fourth-order valence-corrected chi connectivity index (χ4v) is 1.67. The van der Waals surface area contributed by atoms with Crippen LogP contribution in [0.5, 0.6) is 5.75 Å². The summed E-state index contributed by atoms with van der Waals surface area (Å²) in [5.41, 5.74) is 7.90. The molecule has 1 aromatic rings. The third-order valence-electron chi connectivity index (χ3n) is 2.62. The van der Waals surface area contributed by atoms with E-state index in [0.717, 1.165) is 17.0 Å². The highest BCUT2D eigenvalue weighted by Gasteiger charge is 2.25. The van der Waals surface area contributed by atoms with Crippen LogP contribution < -0.4 is 10.5 Å². The minimum absolute atomic E-state index is 0.395. The van der Waals surface area contributed by atoms with E-state index >= 15 is 0 Å². The summed E-state index contributed by atoms with van der Waals surface area (Å²) >= 11 is 0. The van der Waals surface area contributed by atoms with Crippen LogP contribution in [-0.2, 0) is 6.54 Å². The minimum Gasteiger partial charge on any atom is -0.490 e. The molecule has 0 radical (unpaired) electrons. The lowest BCUT2D eigenvalue weighted by Gasteiger charge is -2.15. The van der Waals surface area contributed by atoms with Crippen LogP contribution in [0, 0.1) is 0 Å². The number of pyridine rings is 1. The van der Waals surface area contributed by atoms with Crippen molar-refractivity contribution in [2.75, 3.05) is 0 Å². The van der Waals surface area contributed by atoms with Crippen molar-refractivity contribution < 1.29 is 4.74 Å². The van der Waals surface area contributed by atoms with Gasteiger partial charge in [0, 0.05) is 18.3 Å². The minimum atomic E-state index is 0.395. The maximum absolute atomic E-state index is 5.82. The maximum Gasteiger partial charge on any atom is 0.127 e. The molecule has 0 unspecified atom stereocenters. The summed E-state index contributed by atoms with van der Waals surface area (Å²) in [5.74, 6) is 1.32. The Balaban J connectivity index is 2.30. The molecule has 0 spiro atoms. The molecule has 1 fully saturated rings. The molecule has 2 rings (SSSR count). The van der Waals surface area contributed by atoms with Crippen molar-refractivity contribution in [2.45, 2.75) is 45.3 Å². The lowest BCUT2D eigenvalue weighted by atomic mass is 10.0. The molecule has 3 heteroatoms. The fraction of sp³-hybridized carbons (Fsp3) is 0.583. The molecule has 1 saturated carbocycles. The predicted octanol–water partition coefficient (Wildman–Crippen LogP) is 2.20. The summed E-state index contributed by atoms with van der Waals surface area (Å²) in [4.78, 5) is 4.38. The Hall–Kier alpha value is -1.09. The first-order chi connectivity index (χ1) is 7.22. The zero-order valence-corrected chi connectivity index (χ0v) is 9.36. The molecular formula is C12H18N2O. The molecule has 0 aliphatic heterocycles. The van der Waals surface area contributed by atoms with Gasteiger partial charge in [0.2, 0.25) is 0 Å². The molecule has 0 bridgehead atoms. The predicted molar refractivity (Wildman–Crippen MR) is 59.9 cm³/mol. The van der Waals surface area contributed by atoms with Crippen LogP contribution in [0.3, 0.4) is 0 Å². The van der Waals surface area contributed by atoms with Crippen LogP contribution in [0.1, 0.15) is 43.9 Å². The van der Waals surface area contributed by atoms with Crippen LogP contribution in [0.2, 0.25) is 0 Å². The molecule has 1 heterocycles. The summed E-state index contributed by atoms with van der Waals surface area (Å²) in [5, 5.41) is 0. The monoisotopic (exact) mass is 206 g/mol. The highest BCUT2D eigenvalue weighted by Crippen LogP contribution is 2.31. The lowest BCUT2D eigenvalue weighted by molar-refractivity contribution is 0.299. The van der Waals surface area contributed by atoms with Crippen molar-refractivity contribution in [3.05, 3.63) is 23.5 Å². The van der Waals surface area contributed by atoms with Crippen molar-refractivity contribution in [1.29, 1.82) is 0 Å². The molecule has 1 aromatic heterocycles. The largest absolute Gasteiger partial charge is 0.490 e. The van der Waals surface area contributed by atoms with Gasteiger partial charge in [-0.05, 0) is 24.8 Å². The number of rotatable bonds is 4. The van der Waals surface area contributed by atoms with Crippen LogP contribution >= 0.6 is 0 Å². The van der Waals surface area contributed by atoms with Gasteiger partial charge in [-0.2, -0.15) is 0 Å². The van der Waals surface area contributed by atoms with E-state index in [1.165, 1.54) is 12.8 Å². The summed E-state index contributed by atoms with van der Waals surface area (Å²) in [6, 6.07) is 1.92. The lowest BCUT2D eigenvalue weighted by Crippen LogP contribution is -2.09. The van der Waals surface area contributed by atoms with Crippen molar-refractivity contribution in [3.63, 3.8) is 0 Å². The molecule has 1 aliphatic rings. The number of ether oxygens (including phenoxy) is 1. The van der Waals surface area contributed by atoms with Gasteiger partial charge < -0.3 is 10.5 Å². The van der Waals surface area contributed by atoms with Gasteiger partial charge in [-0.3, -0.25) is 4.98 Å². The average molecular weight is 206 g/mol. The van der Waals surface area contributed by atoms with Gasteiger partial charge in [0.1, 0.15) is 5.75 Å². The summed E-state index contributed by atoms with van der Waals surface area (Å²) in [6.07, 6.45) is 4.57. The van der Waals surface area contributed by atoms with E-state index in [0.29, 0.717) is 18.6 Å². The van der Waals surface area contributed by atoms with Crippen LogP contribution in [0.15, 0.2) is 12.3 Å². The van der Waals surface area contributed by atoms with Gasteiger partial charge in [0.15, 0.2) is 0 Å². The standard InChI is InChI=1S/C12H18N2O/c1-8(2)12-10(7-13)11(5-6-14-12)15-9-3-4-9/h5-6,8-9H,3-4,7,13H2,1-2H3. The fourth-order valence-electron chi connectivity index (χ4n) is 1.67. The Morgan fingerprint density at radius 2 is 2.27 bits per heavy atom. The van der Waals surface area contributed by atoms with Gasteiger partial charge in [-0.15, -0.1) is 0 Å². The number of aromatic nitrogens is 1. The van der Waals surface area contributed by atoms with Crippen molar-refractivity contribution >= 4 is 0 Å². The van der Waals surface area contributed by atoms with E-state index in [1.807, 2.05) is 12.3 Å². The Kier molecular flexibility index (Phi) is 2.91. The van der Waals surface area contributed by atoms with Gasteiger partial charge in [-0.1, -0.05) is 13.8 Å². The zero-order valence-electron chi connectivity index (χ0n) is 9.36. The third-order valence-corrected chi connectivity index (χ3v) is 2.62. The summed E-state index contributed by atoms with van der Waals surface area (Å²) in [7, 11) is 0. The maximum atomic E-state index is 5.82. The molecule has 0 aromatic carbocycles. The molecule has 0 amide bonds. The highest BCUT2D eigenvalue weighted by atomic mass is 16.5. The van der Waals surface area contributed by atoms with E-state index in [1.54, 1.807) is 0 Å². The number of hydrogen-bond acceptors (Lipinski definition) is 3. The topological polar surface area (TPSA) is 48.1 Å². The molecule has 15 heavy (non-hydrogen) atoms. The second-order valence-electron chi connectivity index (χ2n) is 4.35.